The Hall–Kier alpha value is -1.55. The fraction of sp³-hybridized carbons (Fsp3) is 0.250. The number of hydrogen-bond acceptors (Lipinski definition) is 4. The first-order chi connectivity index (χ1) is 7.79. The summed E-state index contributed by atoms with van der Waals surface area (Å²) in [6.07, 6.45) is 0. The van der Waals surface area contributed by atoms with Gasteiger partial charge in [-0.2, -0.15) is 0 Å². The van der Waals surface area contributed by atoms with Crippen molar-refractivity contribution in [3.63, 3.8) is 0 Å². The van der Waals surface area contributed by atoms with Gasteiger partial charge < -0.3 is 10.1 Å². The molecule has 0 saturated carbocycles. The molecule has 1 N–H and O–H groups in total. The highest BCUT2D eigenvalue weighted by atomic mass is 32.1. The molecule has 84 valence electrons. The van der Waals surface area contributed by atoms with Gasteiger partial charge in [-0.15, -0.1) is 11.3 Å². The van der Waals surface area contributed by atoms with E-state index >= 15 is 0 Å². The molecular formula is C12H14N2OS. The van der Waals surface area contributed by atoms with E-state index in [0.717, 1.165) is 22.3 Å². The van der Waals surface area contributed by atoms with Gasteiger partial charge >= 0.3 is 0 Å². The molecule has 0 amide bonds. The predicted molar refractivity (Wildman–Crippen MR) is 67.7 cm³/mol. The second-order valence-electron chi connectivity index (χ2n) is 3.35. The summed E-state index contributed by atoms with van der Waals surface area (Å²) in [5.74, 6) is 0.859. The highest BCUT2D eigenvalue weighted by molar-refractivity contribution is 7.13. The first-order valence-corrected chi connectivity index (χ1v) is 6.08. The minimum Gasteiger partial charge on any atom is -0.492 e. The summed E-state index contributed by atoms with van der Waals surface area (Å²) in [6.45, 7) is 4.62. The Labute approximate surface area is 99.1 Å². The van der Waals surface area contributed by atoms with E-state index < -0.39 is 0 Å². The first kappa shape index (κ1) is 11.0. The van der Waals surface area contributed by atoms with Gasteiger partial charge in [0.2, 0.25) is 0 Å². The molecule has 2 rings (SSSR count). The van der Waals surface area contributed by atoms with E-state index in [1.54, 1.807) is 11.3 Å². The third-order valence-corrected chi connectivity index (χ3v) is 2.92. The molecule has 16 heavy (non-hydrogen) atoms. The van der Waals surface area contributed by atoms with Gasteiger partial charge in [0.25, 0.3) is 0 Å². The van der Waals surface area contributed by atoms with Crippen LogP contribution in [0.4, 0.5) is 10.8 Å². The molecule has 0 aliphatic carbocycles. The van der Waals surface area contributed by atoms with Crippen LogP contribution >= 0.6 is 11.3 Å². The van der Waals surface area contributed by atoms with Gasteiger partial charge in [0.15, 0.2) is 5.13 Å². The van der Waals surface area contributed by atoms with E-state index in [1.807, 2.05) is 43.5 Å². The Kier molecular flexibility index (Phi) is 3.41. The lowest BCUT2D eigenvalue weighted by Gasteiger charge is -2.09. The third-order valence-electron chi connectivity index (χ3n) is 2.05. The van der Waals surface area contributed by atoms with Gasteiger partial charge in [-0.1, -0.05) is 12.1 Å². The minimum absolute atomic E-state index is 0.662. The molecule has 1 aromatic carbocycles. The van der Waals surface area contributed by atoms with Gasteiger partial charge in [-0.05, 0) is 26.0 Å². The van der Waals surface area contributed by atoms with Crippen molar-refractivity contribution in [3.05, 3.63) is 35.3 Å². The monoisotopic (exact) mass is 234 g/mol. The molecule has 0 saturated heterocycles. The van der Waals surface area contributed by atoms with Gasteiger partial charge in [-0.25, -0.2) is 4.98 Å². The van der Waals surface area contributed by atoms with Crippen molar-refractivity contribution < 1.29 is 4.74 Å². The third kappa shape index (κ3) is 2.52. The van der Waals surface area contributed by atoms with Crippen molar-refractivity contribution in [1.29, 1.82) is 0 Å². The lowest BCUT2D eigenvalue weighted by molar-refractivity contribution is 0.342. The number of rotatable bonds is 4. The van der Waals surface area contributed by atoms with E-state index in [2.05, 4.69) is 10.3 Å². The average molecular weight is 234 g/mol. The molecule has 2 aromatic rings. The average Bonchev–Trinajstić information content (AvgIpc) is 2.67. The number of benzene rings is 1. The topological polar surface area (TPSA) is 34.1 Å². The molecule has 0 radical (unpaired) electrons. The number of nitrogens with zero attached hydrogens (tertiary/aromatic N) is 1. The van der Waals surface area contributed by atoms with Crippen LogP contribution in [0, 0.1) is 6.92 Å². The van der Waals surface area contributed by atoms with Crippen LogP contribution in [0.5, 0.6) is 5.75 Å². The van der Waals surface area contributed by atoms with Crippen molar-refractivity contribution in [1.82, 2.24) is 4.98 Å². The molecule has 0 aliphatic heterocycles. The summed E-state index contributed by atoms with van der Waals surface area (Å²) in [6, 6.07) is 7.88. The number of thiazole rings is 1. The van der Waals surface area contributed by atoms with Gasteiger partial charge in [0.1, 0.15) is 5.75 Å². The SMILES string of the molecule is CCOc1ccccc1Nc1nc(C)cs1. The zero-order chi connectivity index (χ0) is 11.4. The number of para-hydroxylation sites is 2. The number of aromatic nitrogens is 1. The number of aryl methyl sites for hydroxylation is 1. The van der Waals surface area contributed by atoms with Crippen LogP contribution in [-0.2, 0) is 0 Å². The molecule has 1 aromatic heterocycles. The molecular weight excluding hydrogens is 220 g/mol. The van der Waals surface area contributed by atoms with Crippen LogP contribution in [0.25, 0.3) is 0 Å². The van der Waals surface area contributed by atoms with Crippen molar-refractivity contribution in [2.45, 2.75) is 13.8 Å². The molecule has 0 bridgehead atoms. The largest absolute Gasteiger partial charge is 0.492 e. The first-order valence-electron chi connectivity index (χ1n) is 5.20. The summed E-state index contributed by atoms with van der Waals surface area (Å²) in [4.78, 5) is 4.36. The summed E-state index contributed by atoms with van der Waals surface area (Å²) in [7, 11) is 0. The number of hydrogen-bond donors (Lipinski definition) is 1. The molecule has 0 atom stereocenters. The summed E-state index contributed by atoms with van der Waals surface area (Å²) >= 11 is 1.59. The number of nitrogens with one attached hydrogen (secondary N) is 1. The van der Waals surface area contributed by atoms with E-state index in [-0.39, 0.29) is 0 Å². The Balaban J connectivity index is 2.20. The fourth-order valence-corrected chi connectivity index (χ4v) is 2.08. The van der Waals surface area contributed by atoms with Gasteiger partial charge in [-0.3, -0.25) is 0 Å². The summed E-state index contributed by atoms with van der Waals surface area (Å²) in [5.41, 5.74) is 1.99. The van der Waals surface area contributed by atoms with Gasteiger partial charge in [0, 0.05) is 5.38 Å². The maximum atomic E-state index is 5.53. The zero-order valence-corrected chi connectivity index (χ0v) is 10.2. The van der Waals surface area contributed by atoms with Crippen molar-refractivity contribution >= 4 is 22.2 Å². The van der Waals surface area contributed by atoms with Crippen molar-refractivity contribution in [2.24, 2.45) is 0 Å². The highest BCUT2D eigenvalue weighted by Gasteiger charge is 2.04. The minimum atomic E-state index is 0.662. The molecule has 3 nitrogen and oxygen atoms in total. The molecule has 1 heterocycles. The highest BCUT2D eigenvalue weighted by Crippen LogP contribution is 2.28. The Morgan fingerprint density at radius 2 is 2.19 bits per heavy atom. The molecule has 0 unspecified atom stereocenters. The number of ether oxygens (including phenoxy) is 1. The smallest absolute Gasteiger partial charge is 0.187 e. The quantitative estimate of drug-likeness (QED) is 0.877. The molecule has 0 fully saturated rings. The Bertz CT molecular complexity index is 468. The standard InChI is InChI=1S/C12H14N2OS/c1-3-15-11-7-5-4-6-10(11)14-12-13-9(2)8-16-12/h4-8H,3H2,1-2H3,(H,13,14). The Morgan fingerprint density at radius 1 is 1.38 bits per heavy atom. The lowest BCUT2D eigenvalue weighted by Crippen LogP contribution is -1.97. The van der Waals surface area contributed by atoms with Crippen LogP contribution in [0.3, 0.4) is 0 Å². The number of anilines is 2. The van der Waals surface area contributed by atoms with Crippen molar-refractivity contribution in [3.8, 4) is 5.75 Å². The maximum Gasteiger partial charge on any atom is 0.187 e. The Morgan fingerprint density at radius 3 is 2.88 bits per heavy atom. The molecule has 4 heteroatoms. The van der Waals surface area contributed by atoms with Crippen LogP contribution in [0.15, 0.2) is 29.6 Å². The molecule has 0 spiro atoms. The van der Waals surface area contributed by atoms with Gasteiger partial charge in [0.05, 0.1) is 18.0 Å². The van der Waals surface area contributed by atoms with Crippen LogP contribution < -0.4 is 10.1 Å². The maximum absolute atomic E-state index is 5.53. The van der Waals surface area contributed by atoms with Crippen LogP contribution in [0.2, 0.25) is 0 Å². The summed E-state index contributed by atoms with van der Waals surface area (Å²) in [5, 5.41) is 6.17. The second kappa shape index (κ2) is 4.99. The van der Waals surface area contributed by atoms with Crippen molar-refractivity contribution in [2.75, 3.05) is 11.9 Å². The van der Waals surface area contributed by atoms with Crippen LogP contribution in [-0.4, -0.2) is 11.6 Å². The predicted octanol–water partition coefficient (Wildman–Crippen LogP) is 3.59. The van der Waals surface area contributed by atoms with E-state index in [4.69, 9.17) is 4.74 Å². The normalized spacial score (nSPS) is 10.1. The second-order valence-corrected chi connectivity index (χ2v) is 4.21. The zero-order valence-electron chi connectivity index (χ0n) is 9.36. The van der Waals surface area contributed by atoms with E-state index in [9.17, 15) is 0 Å². The van der Waals surface area contributed by atoms with E-state index in [0.29, 0.717) is 6.61 Å². The fourth-order valence-electron chi connectivity index (χ4n) is 1.38. The molecule has 0 aliphatic rings. The summed E-state index contributed by atoms with van der Waals surface area (Å²) < 4.78 is 5.53. The van der Waals surface area contributed by atoms with E-state index in [1.165, 1.54) is 0 Å². The van der Waals surface area contributed by atoms with Crippen LogP contribution in [0.1, 0.15) is 12.6 Å². The lowest BCUT2D eigenvalue weighted by atomic mass is 10.3.